The number of benzene rings is 2. The minimum atomic E-state index is 0.0644. The van der Waals surface area contributed by atoms with Crippen LogP contribution < -0.4 is 10.6 Å². The molecule has 0 aromatic heterocycles. The van der Waals surface area contributed by atoms with Crippen LogP contribution in [0.2, 0.25) is 0 Å². The van der Waals surface area contributed by atoms with Crippen LogP contribution in [0.15, 0.2) is 48.5 Å². The van der Waals surface area contributed by atoms with Crippen molar-refractivity contribution in [3.63, 3.8) is 0 Å². The Labute approximate surface area is 144 Å². The summed E-state index contributed by atoms with van der Waals surface area (Å²) in [6.07, 6.45) is 3.53. The molecule has 3 heteroatoms. The molecular formula is C21H27N2O+. The summed E-state index contributed by atoms with van der Waals surface area (Å²) in [4.78, 5) is 12.3. The topological polar surface area (TPSA) is 45.7 Å². The molecule has 0 fully saturated rings. The van der Waals surface area contributed by atoms with Crippen molar-refractivity contribution in [2.45, 2.75) is 39.2 Å². The van der Waals surface area contributed by atoms with Gasteiger partial charge >= 0.3 is 0 Å². The van der Waals surface area contributed by atoms with Crippen LogP contribution in [0, 0.1) is 5.92 Å². The molecule has 2 aromatic rings. The summed E-state index contributed by atoms with van der Waals surface area (Å²) in [6.45, 7) is 4.84. The molecule has 0 heterocycles. The van der Waals surface area contributed by atoms with E-state index in [0.717, 1.165) is 12.1 Å². The predicted molar refractivity (Wildman–Crippen MR) is 97.9 cm³/mol. The normalized spacial score (nSPS) is 14.5. The van der Waals surface area contributed by atoms with Crippen molar-refractivity contribution < 1.29 is 10.1 Å². The van der Waals surface area contributed by atoms with Gasteiger partial charge in [-0.15, -0.1) is 0 Å². The van der Waals surface area contributed by atoms with E-state index in [9.17, 15) is 4.79 Å². The third-order valence-electron chi connectivity index (χ3n) is 4.84. The van der Waals surface area contributed by atoms with Gasteiger partial charge in [0, 0.05) is 17.2 Å². The SMILES string of the molecule is CC(C)[C@H]([NH2+]CC(=O)Nc1ccc2c(c1)CCC2)c1ccccc1. The van der Waals surface area contributed by atoms with Crippen molar-refractivity contribution in [2.75, 3.05) is 11.9 Å². The molecule has 2 aromatic carbocycles. The largest absolute Gasteiger partial charge is 0.332 e. The molecule has 3 N–H and O–H groups in total. The minimum absolute atomic E-state index is 0.0644. The second kappa shape index (κ2) is 7.63. The van der Waals surface area contributed by atoms with E-state index >= 15 is 0 Å². The van der Waals surface area contributed by atoms with Crippen molar-refractivity contribution in [3.8, 4) is 0 Å². The fourth-order valence-electron chi connectivity index (χ4n) is 3.56. The van der Waals surface area contributed by atoms with Crippen LogP contribution in [0.4, 0.5) is 5.69 Å². The molecular weight excluding hydrogens is 296 g/mol. The highest BCUT2D eigenvalue weighted by molar-refractivity contribution is 5.91. The molecule has 1 aliphatic rings. The van der Waals surface area contributed by atoms with E-state index in [1.54, 1.807) is 0 Å². The number of quaternary nitrogens is 1. The van der Waals surface area contributed by atoms with E-state index in [-0.39, 0.29) is 5.91 Å². The highest BCUT2D eigenvalue weighted by Gasteiger charge is 2.20. The second-order valence-corrected chi connectivity index (χ2v) is 7.01. The van der Waals surface area contributed by atoms with Gasteiger partial charge in [0.15, 0.2) is 6.54 Å². The standard InChI is InChI=1S/C21H26N2O/c1-15(2)21(17-7-4-3-5-8-17)22-14-20(24)23-19-12-11-16-9-6-10-18(16)13-19/h3-5,7-8,11-13,15,21-22H,6,9-10,14H2,1-2H3,(H,23,24)/p+1/t21-/m0/s1. The average Bonchev–Trinajstić information content (AvgIpc) is 3.03. The Bertz CT molecular complexity index is 694. The van der Waals surface area contributed by atoms with Gasteiger partial charge in [-0.25, -0.2) is 0 Å². The lowest BCUT2D eigenvalue weighted by atomic mass is 9.96. The Balaban J connectivity index is 1.58. The first-order valence-electron chi connectivity index (χ1n) is 8.93. The van der Waals surface area contributed by atoms with E-state index in [1.807, 2.05) is 12.1 Å². The quantitative estimate of drug-likeness (QED) is 0.843. The molecule has 0 aliphatic heterocycles. The van der Waals surface area contributed by atoms with Crippen LogP contribution in [0.25, 0.3) is 0 Å². The van der Waals surface area contributed by atoms with Gasteiger partial charge in [-0.3, -0.25) is 4.79 Å². The van der Waals surface area contributed by atoms with E-state index in [0.29, 0.717) is 18.5 Å². The minimum Gasteiger partial charge on any atom is -0.332 e. The summed E-state index contributed by atoms with van der Waals surface area (Å²) < 4.78 is 0. The molecule has 0 spiro atoms. The number of aryl methyl sites for hydroxylation is 2. The zero-order valence-corrected chi connectivity index (χ0v) is 14.6. The number of carbonyl (C=O) groups excluding carboxylic acids is 1. The lowest BCUT2D eigenvalue weighted by molar-refractivity contribution is -0.692. The highest BCUT2D eigenvalue weighted by Crippen LogP contribution is 2.24. The number of carbonyl (C=O) groups is 1. The maximum atomic E-state index is 12.3. The number of rotatable bonds is 6. The summed E-state index contributed by atoms with van der Waals surface area (Å²) in [5, 5.41) is 5.19. The molecule has 24 heavy (non-hydrogen) atoms. The fourth-order valence-corrected chi connectivity index (χ4v) is 3.56. The molecule has 0 radical (unpaired) electrons. The van der Waals surface area contributed by atoms with Crippen molar-refractivity contribution in [1.29, 1.82) is 0 Å². The molecule has 3 nitrogen and oxygen atoms in total. The lowest BCUT2D eigenvalue weighted by Gasteiger charge is -2.19. The smallest absolute Gasteiger partial charge is 0.279 e. The molecule has 0 saturated heterocycles. The summed E-state index contributed by atoms with van der Waals surface area (Å²) in [5.74, 6) is 0.537. The maximum Gasteiger partial charge on any atom is 0.279 e. The van der Waals surface area contributed by atoms with Gasteiger partial charge in [0.1, 0.15) is 6.04 Å². The van der Waals surface area contributed by atoms with Crippen LogP contribution in [0.3, 0.4) is 0 Å². The second-order valence-electron chi connectivity index (χ2n) is 7.01. The number of fused-ring (bicyclic) bond motifs is 1. The molecule has 1 atom stereocenters. The Hall–Kier alpha value is -2.13. The van der Waals surface area contributed by atoms with Crippen molar-refractivity contribution in [2.24, 2.45) is 5.92 Å². The molecule has 1 amide bonds. The molecule has 0 bridgehead atoms. The van der Waals surface area contributed by atoms with Gasteiger partial charge in [0.2, 0.25) is 0 Å². The number of hydrogen-bond donors (Lipinski definition) is 2. The predicted octanol–water partition coefficient (Wildman–Crippen LogP) is 3.07. The van der Waals surface area contributed by atoms with Crippen molar-refractivity contribution in [3.05, 3.63) is 65.2 Å². The lowest BCUT2D eigenvalue weighted by Crippen LogP contribution is -2.88. The van der Waals surface area contributed by atoms with Gasteiger partial charge in [-0.1, -0.05) is 50.2 Å². The zero-order chi connectivity index (χ0) is 16.9. The van der Waals surface area contributed by atoms with E-state index in [4.69, 9.17) is 0 Å². The van der Waals surface area contributed by atoms with Gasteiger partial charge in [0.05, 0.1) is 0 Å². The Morgan fingerprint density at radius 2 is 1.83 bits per heavy atom. The third-order valence-corrected chi connectivity index (χ3v) is 4.84. The average molecular weight is 323 g/mol. The number of nitrogens with two attached hydrogens (primary N) is 1. The molecule has 126 valence electrons. The molecule has 1 aliphatic carbocycles. The Kier molecular flexibility index (Phi) is 5.31. The van der Waals surface area contributed by atoms with Gasteiger partial charge in [0.25, 0.3) is 5.91 Å². The summed E-state index contributed by atoms with van der Waals surface area (Å²) in [6, 6.07) is 17.0. The highest BCUT2D eigenvalue weighted by atomic mass is 16.1. The number of anilines is 1. The zero-order valence-electron chi connectivity index (χ0n) is 14.6. The van der Waals surface area contributed by atoms with E-state index < -0.39 is 0 Å². The van der Waals surface area contributed by atoms with E-state index in [2.05, 4.69) is 60.9 Å². The number of amides is 1. The first kappa shape index (κ1) is 16.7. The first-order chi connectivity index (χ1) is 11.6. The van der Waals surface area contributed by atoms with Gasteiger partial charge in [-0.05, 0) is 42.5 Å². The van der Waals surface area contributed by atoms with Gasteiger partial charge in [-0.2, -0.15) is 0 Å². The van der Waals surface area contributed by atoms with Crippen LogP contribution in [0.1, 0.15) is 43.0 Å². The third kappa shape index (κ3) is 4.04. The number of hydrogen-bond acceptors (Lipinski definition) is 1. The van der Waals surface area contributed by atoms with Gasteiger partial charge < -0.3 is 10.6 Å². The van der Waals surface area contributed by atoms with Crippen molar-refractivity contribution >= 4 is 11.6 Å². The van der Waals surface area contributed by atoms with Crippen LogP contribution in [-0.2, 0) is 17.6 Å². The fraction of sp³-hybridized carbons (Fsp3) is 0.381. The van der Waals surface area contributed by atoms with E-state index in [1.165, 1.54) is 29.5 Å². The molecule has 0 unspecified atom stereocenters. The summed E-state index contributed by atoms with van der Waals surface area (Å²) >= 11 is 0. The maximum absolute atomic E-state index is 12.3. The Morgan fingerprint density at radius 1 is 1.08 bits per heavy atom. The summed E-state index contributed by atoms with van der Waals surface area (Å²) in [7, 11) is 0. The van der Waals surface area contributed by atoms with Crippen LogP contribution >= 0.6 is 0 Å². The number of nitrogens with one attached hydrogen (secondary N) is 1. The van der Waals surface area contributed by atoms with Crippen molar-refractivity contribution in [1.82, 2.24) is 0 Å². The Morgan fingerprint density at radius 3 is 2.58 bits per heavy atom. The molecule has 3 rings (SSSR count). The monoisotopic (exact) mass is 323 g/mol. The summed E-state index contributed by atoms with van der Waals surface area (Å²) in [5.41, 5.74) is 5.03. The first-order valence-corrected chi connectivity index (χ1v) is 8.93. The van der Waals surface area contributed by atoms with Crippen LogP contribution in [0.5, 0.6) is 0 Å². The van der Waals surface area contributed by atoms with Crippen LogP contribution in [-0.4, -0.2) is 12.5 Å². The molecule has 0 saturated carbocycles.